The van der Waals surface area contributed by atoms with E-state index in [0.29, 0.717) is 28.8 Å². The molecule has 35 heavy (non-hydrogen) atoms. The Bertz CT molecular complexity index is 1220. The number of piperazine rings is 1. The maximum absolute atomic E-state index is 12.9. The number of hydrogen-bond acceptors (Lipinski definition) is 7. The molecule has 0 spiro atoms. The fourth-order valence-electron chi connectivity index (χ4n) is 4.11. The molecule has 0 atom stereocenters. The van der Waals surface area contributed by atoms with E-state index >= 15 is 0 Å². The number of ether oxygens (including phenoxy) is 1. The molecule has 1 N–H and O–H groups in total. The van der Waals surface area contributed by atoms with Crippen LogP contribution in [0.5, 0.6) is 0 Å². The van der Waals surface area contributed by atoms with Crippen molar-refractivity contribution in [1.29, 1.82) is 0 Å². The third kappa shape index (κ3) is 5.44. The van der Waals surface area contributed by atoms with Crippen molar-refractivity contribution < 1.29 is 14.5 Å². The van der Waals surface area contributed by atoms with Crippen LogP contribution in [0, 0.1) is 17.0 Å². The molecule has 182 valence electrons. The zero-order valence-corrected chi connectivity index (χ0v) is 21.2. The van der Waals surface area contributed by atoms with Crippen LogP contribution in [0.2, 0.25) is 0 Å². The molecule has 1 aliphatic rings. The molecule has 0 radical (unpaired) electrons. The van der Waals surface area contributed by atoms with E-state index in [9.17, 15) is 14.9 Å². The standard InChI is InChI=1S/C25H26N4O4S2/c1-3-33-24(30)22-21(18-7-5-4-6-8-18)17(2)35-23(22)26-25(34)28-15-13-27(14-16-28)19-9-11-20(12-10-19)29(31)32/h4-12H,3,13-16H2,1-2H3,(H,26,34). The van der Waals surface area contributed by atoms with Crippen molar-refractivity contribution in [2.24, 2.45) is 0 Å². The first-order valence-corrected chi connectivity index (χ1v) is 12.5. The van der Waals surface area contributed by atoms with Crippen molar-refractivity contribution in [3.05, 3.63) is 75.2 Å². The van der Waals surface area contributed by atoms with Gasteiger partial charge in [-0.3, -0.25) is 10.1 Å². The molecule has 2 aromatic carbocycles. The monoisotopic (exact) mass is 510 g/mol. The number of nitro benzene ring substituents is 1. The summed E-state index contributed by atoms with van der Waals surface area (Å²) in [5, 5.41) is 15.4. The molecule has 0 unspecified atom stereocenters. The lowest BCUT2D eigenvalue weighted by molar-refractivity contribution is -0.384. The van der Waals surface area contributed by atoms with E-state index in [-0.39, 0.29) is 18.3 Å². The highest BCUT2D eigenvalue weighted by Crippen LogP contribution is 2.40. The number of nitrogens with zero attached hydrogens (tertiary/aromatic N) is 3. The summed E-state index contributed by atoms with van der Waals surface area (Å²) in [5.74, 6) is -0.371. The first-order chi connectivity index (χ1) is 16.9. The lowest BCUT2D eigenvalue weighted by Crippen LogP contribution is -2.50. The van der Waals surface area contributed by atoms with E-state index in [1.165, 1.54) is 23.5 Å². The second-order valence-electron chi connectivity index (χ2n) is 8.00. The molecule has 1 aliphatic heterocycles. The summed E-state index contributed by atoms with van der Waals surface area (Å²) in [4.78, 5) is 28.7. The van der Waals surface area contributed by atoms with Gasteiger partial charge in [0.2, 0.25) is 0 Å². The van der Waals surface area contributed by atoms with Gasteiger partial charge in [0.25, 0.3) is 5.69 Å². The van der Waals surface area contributed by atoms with E-state index in [0.717, 1.165) is 34.8 Å². The SMILES string of the molecule is CCOC(=O)c1c(NC(=S)N2CCN(c3ccc([N+](=O)[O-])cc3)CC2)sc(C)c1-c1ccccc1. The van der Waals surface area contributed by atoms with Crippen LogP contribution in [0.25, 0.3) is 11.1 Å². The average Bonchev–Trinajstić information content (AvgIpc) is 3.20. The quantitative estimate of drug-likeness (QED) is 0.206. The van der Waals surface area contributed by atoms with Crippen molar-refractivity contribution >= 4 is 51.0 Å². The van der Waals surface area contributed by atoms with Gasteiger partial charge in [0.05, 0.1) is 11.5 Å². The molecule has 1 saturated heterocycles. The fraction of sp³-hybridized carbons (Fsp3) is 0.280. The number of aryl methyl sites for hydroxylation is 1. The molecule has 0 aliphatic carbocycles. The smallest absolute Gasteiger partial charge is 0.341 e. The second-order valence-corrected chi connectivity index (χ2v) is 9.61. The summed E-state index contributed by atoms with van der Waals surface area (Å²) < 4.78 is 5.38. The van der Waals surface area contributed by atoms with E-state index < -0.39 is 4.92 Å². The molecule has 1 fully saturated rings. The van der Waals surface area contributed by atoms with Gasteiger partial charge < -0.3 is 19.9 Å². The van der Waals surface area contributed by atoms with Crippen LogP contribution in [0.15, 0.2) is 54.6 Å². The number of carbonyl (C=O) groups is 1. The van der Waals surface area contributed by atoms with Crippen molar-refractivity contribution in [2.45, 2.75) is 13.8 Å². The van der Waals surface area contributed by atoms with E-state index in [1.54, 1.807) is 19.1 Å². The molecular formula is C25H26N4O4S2. The molecule has 4 rings (SSSR count). The number of rotatable bonds is 6. The molecular weight excluding hydrogens is 484 g/mol. The minimum absolute atomic E-state index is 0.0799. The molecule has 1 aromatic heterocycles. The number of hydrogen-bond donors (Lipinski definition) is 1. The van der Waals surface area contributed by atoms with Crippen LogP contribution in [0.1, 0.15) is 22.2 Å². The lowest BCUT2D eigenvalue weighted by Gasteiger charge is -2.37. The minimum atomic E-state index is -0.397. The average molecular weight is 511 g/mol. The van der Waals surface area contributed by atoms with Gasteiger partial charge in [-0.05, 0) is 43.8 Å². The summed E-state index contributed by atoms with van der Waals surface area (Å²) >= 11 is 7.20. The van der Waals surface area contributed by atoms with Crippen molar-refractivity contribution in [1.82, 2.24) is 4.90 Å². The molecule has 8 nitrogen and oxygen atoms in total. The summed E-state index contributed by atoms with van der Waals surface area (Å²) in [6.07, 6.45) is 0. The Morgan fingerprint density at radius 2 is 1.77 bits per heavy atom. The van der Waals surface area contributed by atoms with Gasteiger partial charge >= 0.3 is 5.97 Å². The van der Waals surface area contributed by atoms with Crippen molar-refractivity contribution in [3.63, 3.8) is 0 Å². The van der Waals surface area contributed by atoms with Gasteiger partial charge in [-0.25, -0.2) is 4.79 Å². The molecule has 0 amide bonds. The Morgan fingerprint density at radius 3 is 2.37 bits per heavy atom. The molecule has 0 bridgehead atoms. The van der Waals surface area contributed by atoms with Gasteiger partial charge in [0, 0.05) is 54.4 Å². The van der Waals surface area contributed by atoms with Gasteiger partial charge in [0.1, 0.15) is 10.6 Å². The lowest BCUT2D eigenvalue weighted by atomic mass is 10.0. The van der Waals surface area contributed by atoms with Crippen LogP contribution in [0.3, 0.4) is 0 Å². The normalized spacial score (nSPS) is 13.4. The van der Waals surface area contributed by atoms with E-state index in [4.69, 9.17) is 17.0 Å². The third-order valence-electron chi connectivity index (χ3n) is 5.84. The minimum Gasteiger partial charge on any atom is -0.462 e. The summed E-state index contributed by atoms with van der Waals surface area (Å²) in [7, 11) is 0. The van der Waals surface area contributed by atoms with Gasteiger partial charge in [-0.2, -0.15) is 0 Å². The zero-order chi connectivity index (χ0) is 24.9. The fourth-order valence-corrected chi connectivity index (χ4v) is 5.52. The topological polar surface area (TPSA) is 88.0 Å². The number of esters is 1. The Hall–Kier alpha value is -3.50. The number of thiophene rings is 1. The molecule has 10 heteroatoms. The predicted molar refractivity (Wildman–Crippen MR) is 144 cm³/mol. The first kappa shape index (κ1) is 24.6. The highest BCUT2D eigenvalue weighted by Gasteiger charge is 2.27. The number of benzene rings is 2. The number of thiocarbonyl (C=S) groups is 1. The Kier molecular flexibility index (Phi) is 7.62. The summed E-state index contributed by atoms with van der Waals surface area (Å²) in [5.41, 5.74) is 3.35. The number of nitrogens with one attached hydrogen (secondary N) is 1. The highest BCUT2D eigenvalue weighted by molar-refractivity contribution is 7.80. The Morgan fingerprint density at radius 1 is 1.11 bits per heavy atom. The number of nitro groups is 1. The van der Waals surface area contributed by atoms with E-state index in [1.807, 2.05) is 37.3 Å². The second kappa shape index (κ2) is 10.8. The largest absolute Gasteiger partial charge is 0.462 e. The highest BCUT2D eigenvalue weighted by atomic mass is 32.1. The maximum atomic E-state index is 12.9. The Balaban J connectivity index is 1.48. The summed E-state index contributed by atoms with van der Waals surface area (Å²) in [6.45, 7) is 6.90. The van der Waals surface area contributed by atoms with Crippen molar-refractivity contribution in [3.8, 4) is 11.1 Å². The maximum Gasteiger partial charge on any atom is 0.341 e. The molecule has 3 aromatic rings. The number of carbonyl (C=O) groups excluding carboxylic acids is 1. The first-order valence-electron chi connectivity index (χ1n) is 11.3. The van der Waals surface area contributed by atoms with Crippen LogP contribution < -0.4 is 10.2 Å². The van der Waals surface area contributed by atoms with Gasteiger partial charge in [0.15, 0.2) is 5.11 Å². The molecule has 0 saturated carbocycles. The predicted octanol–water partition coefficient (Wildman–Crippen LogP) is 5.33. The van der Waals surface area contributed by atoms with Crippen LogP contribution >= 0.6 is 23.6 Å². The van der Waals surface area contributed by atoms with Gasteiger partial charge in [-0.1, -0.05) is 30.3 Å². The summed E-state index contributed by atoms with van der Waals surface area (Å²) in [6, 6.07) is 16.4. The van der Waals surface area contributed by atoms with Crippen molar-refractivity contribution in [2.75, 3.05) is 43.0 Å². The Labute approximate surface area is 213 Å². The zero-order valence-electron chi connectivity index (χ0n) is 19.5. The van der Waals surface area contributed by atoms with Crippen LogP contribution in [-0.2, 0) is 4.74 Å². The van der Waals surface area contributed by atoms with Crippen LogP contribution in [0.4, 0.5) is 16.4 Å². The van der Waals surface area contributed by atoms with Gasteiger partial charge in [-0.15, -0.1) is 11.3 Å². The molecule has 2 heterocycles. The van der Waals surface area contributed by atoms with Crippen LogP contribution in [-0.4, -0.2) is 53.7 Å². The number of non-ortho nitro benzene ring substituents is 1. The third-order valence-corrected chi connectivity index (χ3v) is 7.22. The number of anilines is 2. The van der Waals surface area contributed by atoms with E-state index in [2.05, 4.69) is 15.1 Å².